The Kier molecular flexibility index (Phi) is 12.8. The van der Waals surface area contributed by atoms with Crippen LogP contribution in [0.2, 0.25) is 0 Å². The molecule has 4 aliphatic heterocycles. The van der Waals surface area contributed by atoms with E-state index in [1.807, 2.05) is 59.2 Å². The summed E-state index contributed by atoms with van der Waals surface area (Å²) < 4.78 is 33.2. The Bertz CT molecular complexity index is 4470. The van der Waals surface area contributed by atoms with Crippen molar-refractivity contribution in [3.8, 4) is 89.5 Å². The molecule has 4 aromatic heterocycles. The standard InChI is InChI=1S/C20H18N.3C19H16N/c1-14-7-3-5-9-17(14)19-13-21-12-16-8-4-6-10-18(16)20(21)11-15(19)2;1-14-6-2-4-8-17(14)16-10-11-19-18-9-5-3-7-15(18)12-20(19)13-16;1-14-11-19-17-10-6-5-9-16(17)12-20(19)13-18(14)15-7-3-2-4-8-15;1-14-17(15-7-3-2-4-8-15)11-12-19-18-10-6-5-9-16(18)13-20(14)19/h3-11,13H,12H2,1-2H3;2*2-11,13H,12H2,1H3;2-12H,13H2,1H3/q4*+1/i;;;1D3. The number of hydrogen-bond acceptors (Lipinski definition) is 0. The van der Waals surface area contributed by atoms with Gasteiger partial charge in [0.25, 0.3) is 0 Å². The molecule has 16 rings (SSSR count). The summed E-state index contributed by atoms with van der Waals surface area (Å²) in [6, 6.07) is 84.8. The van der Waals surface area contributed by atoms with Gasteiger partial charge in [-0.3, -0.25) is 0 Å². The molecule has 0 fully saturated rings. The Morgan fingerprint density at radius 2 is 0.667 bits per heavy atom. The molecule has 390 valence electrons. The van der Waals surface area contributed by atoms with Crippen molar-refractivity contribution in [3.05, 3.63) is 311 Å². The van der Waals surface area contributed by atoms with Gasteiger partial charge < -0.3 is 0 Å². The van der Waals surface area contributed by atoms with Crippen LogP contribution in [-0.2, 0) is 26.2 Å². The number of aryl methyl sites for hydroxylation is 4. The van der Waals surface area contributed by atoms with Gasteiger partial charge in [-0.05, 0) is 109 Å². The van der Waals surface area contributed by atoms with Crippen LogP contribution in [0.3, 0.4) is 0 Å². The van der Waals surface area contributed by atoms with Gasteiger partial charge >= 0.3 is 0 Å². The van der Waals surface area contributed by atoms with Gasteiger partial charge in [-0.25, -0.2) is 0 Å². The predicted octanol–water partition coefficient (Wildman–Crippen LogP) is 16.2. The van der Waals surface area contributed by atoms with Gasteiger partial charge in [0.1, 0.15) is 0 Å². The first kappa shape index (κ1) is 47.4. The van der Waals surface area contributed by atoms with E-state index >= 15 is 0 Å². The zero-order valence-electron chi connectivity index (χ0n) is 49.4. The molecule has 8 heterocycles. The number of fused-ring (bicyclic) bond motifs is 12. The molecule has 0 aliphatic carbocycles. The van der Waals surface area contributed by atoms with Gasteiger partial charge in [-0.1, -0.05) is 182 Å². The fraction of sp³-hybridized carbons (Fsp3) is 0.117. The molecule has 0 saturated carbocycles. The molecular formula is C77H66N4+4. The first-order valence-electron chi connectivity index (χ1n) is 29.7. The van der Waals surface area contributed by atoms with E-state index in [-0.39, 0.29) is 0 Å². The molecule has 0 amide bonds. The SMILES string of the molecule is Cc1cc2[n+](cc1-c1ccccc1)Cc1ccccc1-2.Cc1ccccc1-c1c[n+]2c(cc1C)-c1ccccc1C2.Cc1ccccc1-c1ccc2[n+](c1)Cc1ccccc1-2.[2H]C([2H])([2H])c1c(-c2ccccc2)ccc2[n+]1Cc1ccccc1-2. The predicted molar refractivity (Wildman–Crippen MR) is 330 cm³/mol. The van der Waals surface area contributed by atoms with Crippen molar-refractivity contribution in [3.63, 3.8) is 0 Å². The van der Waals surface area contributed by atoms with Crippen molar-refractivity contribution in [2.45, 2.75) is 60.7 Å². The number of benzene rings is 8. The molecule has 12 aromatic rings. The van der Waals surface area contributed by atoms with Crippen LogP contribution in [0.5, 0.6) is 0 Å². The minimum absolute atomic E-state index is 0.414. The van der Waals surface area contributed by atoms with Crippen LogP contribution in [0.4, 0.5) is 0 Å². The lowest BCUT2D eigenvalue weighted by Gasteiger charge is -2.08. The van der Waals surface area contributed by atoms with Crippen LogP contribution in [0.1, 0.15) is 54.3 Å². The average Bonchev–Trinajstić information content (AvgIpc) is 3.64. The second-order valence-corrected chi connectivity index (χ2v) is 21.8. The maximum absolute atomic E-state index is 8.05. The molecule has 0 atom stereocenters. The van der Waals surface area contributed by atoms with Crippen molar-refractivity contribution in [2.24, 2.45) is 0 Å². The van der Waals surface area contributed by atoms with E-state index < -0.39 is 6.85 Å². The number of pyridine rings is 4. The van der Waals surface area contributed by atoms with Crippen LogP contribution in [-0.4, -0.2) is 0 Å². The highest BCUT2D eigenvalue weighted by Gasteiger charge is 2.31. The Morgan fingerprint density at radius 3 is 1.20 bits per heavy atom. The van der Waals surface area contributed by atoms with Crippen LogP contribution in [0.15, 0.2) is 261 Å². The molecule has 81 heavy (non-hydrogen) atoms. The average molecular weight is 1050 g/mol. The summed E-state index contributed by atoms with van der Waals surface area (Å²) >= 11 is 0. The molecule has 0 saturated heterocycles. The van der Waals surface area contributed by atoms with Crippen LogP contribution in [0, 0.1) is 34.5 Å². The molecule has 4 aliphatic rings. The topological polar surface area (TPSA) is 15.5 Å². The largest absolute Gasteiger partial charge is 0.213 e. The second-order valence-electron chi connectivity index (χ2n) is 21.8. The minimum atomic E-state index is -2.16. The smallest absolute Gasteiger partial charge is 0.193 e. The zero-order valence-corrected chi connectivity index (χ0v) is 46.4. The first-order valence-corrected chi connectivity index (χ1v) is 28.2. The molecule has 0 bridgehead atoms. The van der Waals surface area contributed by atoms with Gasteiger partial charge in [0, 0.05) is 79.7 Å². The highest BCUT2D eigenvalue weighted by Crippen LogP contribution is 2.35. The molecular weight excluding hydrogens is 981 g/mol. The van der Waals surface area contributed by atoms with Crippen molar-refractivity contribution in [1.29, 1.82) is 0 Å². The molecule has 4 heteroatoms. The Hall–Kier alpha value is -9.64. The maximum atomic E-state index is 8.05. The quantitative estimate of drug-likeness (QED) is 0.156. The summed E-state index contributed by atoms with van der Waals surface area (Å²) in [5, 5.41) is 0. The van der Waals surface area contributed by atoms with E-state index in [0.29, 0.717) is 12.2 Å². The highest BCUT2D eigenvalue weighted by molar-refractivity contribution is 5.75. The lowest BCUT2D eigenvalue weighted by atomic mass is 9.97. The lowest BCUT2D eigenvalue weighted by Crippen LogP contribution is -2.36. The van der Waals surface area contributed by atoms with Crippen molar-refractivity contribution >= 4 is 0 Å². The highest BCUT2D eigenvalue weighted by atomic mass is 15.0. The third kappa shape index (κ3) is 9.89. The molecule has 0 radical (unpaired) electrons. The normalized spacial score (nSPS) is 12.8. The van der Waals surface area contributed by atoms with Gasteiger partial charge in [0.2, 0.25) is 22.8 Å². The fourth-order valence-electron chi connectivity index (χ4n) is 12.4. The summed E-state index contributed by atoms with van der Waals surface area (Å²) in [7, 11) is 0. The van der Waals surface area contributed by atoms with E-state index in [9.17, 15) is 0 Å². The lowest BCUT2D eigenvalue weighted by molar-refractivity contribution is -0.677. The van der Waals surface area contributed by atoms with E-state index in [4.69, 9.17) is 4.11 Å². The molecule has 0 spiro atoms. The third-order valence-corrected chi connectivity index (χ3v) is 16.6. The summed E-state index contributed by atoms with van der Waals surface area (Å²) in [6.45, 7) is 10.1. The number of aromatic nitrogens is 4. The third-order valence-electron chi connectivity index (χ3n) is 16.6. The van der Waals surface area contributed by atoms with Gasteiger partial charge in [-0.2, -0.15) is 18.3 Å². The van der Waals surface area contributed by atoms with Gasteiger partial charge in [-0.15, -0.1) is 0 Å². The summed E-state index contributed by atoms with van der Waals surface area (Å²) in [5.41, 5.74) is 30.9. The maximum Gasteiger partial charge on any atom is 0.213 e. The van der Waals surface area contributed by atoms with Crippen molar-refractivity contribution < 1.29 is 22.4 Å². The van der Waals surface area contributed by atoms with E-state index in [1.165, 1.54) is 112 Å². The minimum Gasteiger partial charge on any atom is -0.193 e. The molecule has 4 nitrogen and oxygen atoms in total. The van der Waals surface area contributed by atoms with Gasteiger partial charge in [0.05, 0.1) is 22.3 Å². The summed E-state index contributed by atoms with van der Waals surface area (Å²) in [6.07, 6.45) is 6.88. The monoisotopic (exact) mass is 1050 g/mol. The van der Waals surface area contributed by atoms with E-state index in [0.717, 1.165) is 42.0 Å². The van der Waals surface area contributed by atoms with Crippen LogP contribution in [0.25, 0.3) is 89.5 Å². The summed E-state index contributed by atoms with van der Waals surface area (Å²) in [4.78, 5) is 0. The van der Waals surface area contributed by atoms with Crippen molar-refractivity contribution in [2.75, 3.05) is 0 Å². The van der Waals surface area contributed by atoms with Gasteiger partial charge in [0.15, 0.2) is 50.5 Å². The zero-order chi connectivity index (χ0) is 57.5. The van der Waals surface area contributed by atoms with Crippen molar-refractivity contribution in [1.82, 2.24) is 0 Å². The molecule has 8 aromatic carbocycles. The Balaban J connectivity index is 0.000000105. The molecule has 0 N–H and O–H groups in total. The fourth-order valence-corrected chi connectivity index (χ4v) is 12.4. The van der Waals surface area contributed by atoms with Crippen LogP contribution < -0.4 is 18.3 Å². The number of nitrogens with zero attached hydrogens (tertiary/aromatic N) is 4. The summed E-state index contributed by atoms with van der Waals surface area (Å²) in [5.74, 6) is 0. The Morgan fingerprint density at radius 1 is 0.272 bits per heavy atom. The van der Waals surface area contributed by atoms with E-state index in [2.05, 4.69) is 248 Å². The molecule has 0 unspecified atom stereocenters. The number of hydrogen-bond donors (Lipinski definition) is 0. The van der Waals surface area contributed by atoms with Crippen LogP contribution >= 0.6 is 0 Å². The van der Waals surface area contributed by atoms with E-state index in [1.54, 1.807) is 0 Å². The number of rotatable bonds is 4. The Labute approximate surface area is 481 Å². The second kappa shape index (κ2) is 21.9. The first-order chi connectivity index (χ1) is 40.9.